The fraction of sp³-hybridized carbons (Fsp3) is 0.727. The van der Waals surface area contributed by atoms with E-state index in [1.165, 1.54) is 0 Å². The Kier molecular flexibility index (Phi) is 7.79. The summed E-state index contributed by atoms with van der Waals surface area (Å²) < 4.78 is 30.1. The molecule has 1 rings (SSSR count). The summed E-state index contributed by atoms with van der Waals surface area (Å²) in [5.41, 5.74) is 0. The van der Waals surface area contributed by atoms with Crippen LogP contribution in [0.5, 0.6) is 0 Å². The molecule has 0 aromatic carbocycles. The Morgan fingerprint density at radius 1 is 0.828 bits per heavy atom. The van der Waals surface area contributed by atoms with Gasteiger partial charge < -0.3 is 23.1 Å². The zero-order chi connectivity index (χ0) is 22.8. The molecule has 5 nitrogen and oxygen atoms in total. The van der Waals surface area contributed by atoms with E-state index in [0.29, 0.717) is 11.9 Å². The summed E-state index contributed by atoms with van der Waals surface area (Å²) in [5, 5.41) is 0.106. The van der Waals surface area contributed by atoms with Gasteiger partial charge in [0.25, 0.3) is 28.5 Å². The van der Waals surface area contributed by atoms with E-state index in [-0.39, 0.29) is 16.2 Å². The molecule has 0 radical (unpaired) electrons. The van der Waals surface area contributed by atoms with E-state index in [1.807, 2.05) is 13.0 Å². The lowest BCUT2D eigenvalue weighted by molar-refractivity contribution is -0.112. The Labute approximate surface area is 180 Å². The van der Waals surface area contributed by atoms with Crippen molar-refractivity contribution in [1.82, 2.24) is 0 Å². The van der Waals surface area contributed by atoms with Crippen LogP contribution in [0.25, 0.3) is 0 Å². The van der Waals surface area contributed by atoms with Crippen molar-refractivity contribution in [2.45, 2.75) is 103 Å². The van der Waals surface area contributed by atoms with Gasteiger partial charge in [0.05, 0.1) is 6.26 Å². The highest BCUT2D eigenvalue weighted by atomic mass is 28.4. The third kappa shape index (κ3) is 6.84. The van der Waals surface area contributed by atoms with E-state index >= 15 is 0 Å². The van der Waals surface area contributed by atoms with Gasteiger partial charge in [0, 0.05) is 0 Å². The summed E-state index contributed by atoms with van der Waals surface area (Å²) in [5.74, 6) is 0.613. The molecule has 0 unspecified atom stereocenters. The lowest BCUT2D eigenvalue weighted by atomic mass is 10.1. The highest BCUT2D eigenvalue weighted by Gasteiger charge is 2.42. The molecule has 0 spiro atoms. The van der Waals surface area contributed by atoms with Crippen molar-refractivity contribution in [2.24, 2.45) is 0 Å². The second kappa shape index (κ2) is 8.80. The maximum atomic E-state index is 6.17. The molecule has 7 heteroatoms. The highest BCUT2D eigenvalue weighted by molar-refractivity contribution is 6.74. The van der Waals surface area contributed by atoms with Crippen LogP contribution in [0, 0.1) is 0 Å². The first-order chi connectivity index (χ1) is 12.9. The Balaban J connectivity index is 2.85. The lowest BCUT2D eigenvalue weighted by Crippen LogP contribution is -2.45. The van der Waals surface area contributed by atoms with Crippen LogP contribution >= 0.6 is 0 Å². The summed E-state index contributed by atoms with van der Waals surface area (Å²) >= 11 is 0. The summed E-state index contributed by atoms with van der Waals surface area (Å²) in [7, 11) is -4.08. The third-order valence-electron chi connectivity index (χ3n) is 6.23. The standard InChI is InChI=1S/C22H42O5Si2/c1-16-20(25-18(3)27-29(12,13)22(7,8)9)19(14-15-23-16)24-17(2)26-28(10,11)21(4,5)6/h14-16,19-20H,2-3H2,1,4-13H3/t16-,19-,20-/m0/s1. The lowest BCUT2D eigenvalue weighted by Gasteiger charge is -2.40. The van der Waals surface area contributed by atoms with Crippen molar-refractivity contribution in [1.29, 1.82) is 0 Å². The predicted octanol–water partition coefficient (Wildman–Crippen LogP) is 6.68. The molecule has 1 aliphatic heterocycles. The quantitative estimate of drug-likeness (QED) is 0.310. The minimum Gasteiger partial charge on any atom is -0.519 e. The van der Waals surface area contributed by atoms with Gasteiger partial charge in [-0.25, -0.2) is 0 Å². The van der Waals surface area contributed by atoms with E-state index in [4.69, 9.17) is 23.1 Å². The second-order valence-electron chi connectivity index (χ2n) is 10.8. The average molecular weight is 443 g/mol. The van der Waals surface area contributed by atoms with Crippen LogP contribution in [0.2, 0.25) is 36.3 Å². The van der Waals surface area contributed by atoms with Gasteiger partial charge in [-0.1, -0.05) is 41.5 Å². The highest BCUT2D eigenvalue weighted by Crippen LogP contribution is 2.39. The Bertz CT molecular complexity index is 626. The van der Waals surface area contributed by atoms with Crippen LogP contribution in [0.1, 0.15) is 48.5 Å². The van der Waals surface area contributed by atoms with Gasteiger partial charge in [-0.15, -0.1) is 0 Å². The van der Waals surface area contributed by atoms with E-state index in [9.17, 15) is 0 Å². The van der Waals surface area contributed by atoms with Gasteiger partial charge in [-0.2, -0.15) is 0 Å². The molecule has 0 bridgehead atoms. The van der Waals surface area contributed by atoms with Crippen LogP contribution in [0.15, 0.2) is 37.4 Å². The molecule has 29 heavy (non-hydrogen) atoms. The Hall–Kier alpha value is -1.35. The van der Waals surface area contributed by atoms with Crippen LogP contribution in [-0.4, -0.2) is 34.9 Å². The van der Waals surface area contributed by atoms with Gasteiger partial charge in [-0.3, -0.25) is 0 Å². The van der Waals surface area contributed by atoms with Crippen LogP contribution in [0.4, 0.5) is 0 Å². The zero-order valence-electron chi connectivity index (χ0n) is 20.3. The molecule has 0 saturated heterocycles. The van der Waals surface area contributed by atoms with Gasteiger partial charge >= 0.3 is 0 Å². The first-order valence-electron chi connectivity index (χ1n) is 10.3. The number of rotatable bonds is 8. The molecule has 1 aliphatic rings. The normalized spacial score (nSPS) is 23.1. The van der Waals surface area contributed by atoms with Crippen LogP contribution < -0.4 is 0 Å². The summed E-state index contributed by atoms with van der Waals surface area (Å²) in [4.78, 5) is 0. The minimum atomic E-state index is -2.04. The van der Waals surface area contributed by atoms with E-state index < -0.39 is 28.8 Å². The molecule has 3 atom stereocenters. The van der Waals surface area contributed by atoms with E-state index in [2.05, 4.69) is 80.9 Å². The smallest absolute Gasteiger partial charge is 0.258 e. The zero-order valence-corrected chi connectivity index (χ0v) is 22.3. The maximum absolute atomic E-state index is 6.17. The predicted molar refractivity (Wildman–Crippen MR) is 124 cm³/mol. The maximum Gasteiger partial charge on any atom is 0.258 e. The van der Waals surface area contributed by atoms with Crippen molar-refractivity contribution in [2.75, 3.05) is 0 Å². The van der Waals surface area contributed by atoms with Crippen molar-refractivity contribution in [3.63, 3.8) is 0 Å². The van der Waals surface area contributed by atoms with E-state index in [0.717, 1.165) is 0 Å². The monoisotopic (exact) mass is 442 g/mol. The first kappa shape index (κ1) is 25.7. The van der Waals surface area contributed by atoms with Gasteiger partial charge in [0.2, 0.25) is 0 Å². The Morgan fingerprint density at radius 2 is 1.24 bits per heavy atom. The van der Waals surface area contributed by atoms with Crippen molar-refractivity contribution < 1.29 is 23.1 Å². The molecule has 0 aromatic heterocycles. The fourth-order valence-electron chi connectivity index (χ4n) is 2.20. The molecule has 1 heterocycles. The first-order valence-corrected chi connectivity index (χ1v) is 16.1. The van der Waals surface area contributed by atoms with Crippen LogP contribution in [0.3, 0.4) is 0 Å². The molecule has 0 N–H and O–H groups in total. The topological polar surface area (TPSA) is 46.2 Å². The number of ether oxygens (including phenoxy) is 3. The number of hydrogen-bond acceptors (Lipinski definition) is 5. The molecule has 0 saturated carbocycles. The van der Waals surface area contributed by atoms with Gasteiger partial charge in [0.15, 0.2) is 12.2 Å². The summed E-state index contributed by atoms with van der Waals surface area (Å²) in [6.07, 6.45) is 2.38. The Morgan fingerprint density at radius 3 is 1.66 bits per heavy atom. The second-order valence-corrected chi connectivity index (χ2v) is 20.3. The molecular weight excluding hydrogens is 400 g/mol. The SMILES string of the molecule is C=C(O[C@H]1[C@H](C)OC=C[C@@H]1OC(=C)O[Si](C)(C)C(C)(C)C)O[Si](C)(C)C(C)(C)C. The fourth-order valence-corrected chi connectivity index (χ4v) is 4.04. The molecular formula is C22H42O5Si2. The average Bonchev–Trinajstić information content (AvgIpc) is 2.47. The molecule has 168 valence electrons. The number of hydrogen-bond donors (Lipinski definition) is 0. The van der Waals surface area contributed by atoms with Crippen LogP contribution in [-0.2, 0) is 23.1 Å². The summed E-state index contributed by atoms with van der Waals surface area (Å²) in [6.45, 7) is 31.6. The van der Waals surface area contributed by atoms with Gasteiger partial charge in [0.1, 0.15) is 6.10 Å². The largest absolute Gasteiger partial charge is 0.519 e. The van der Waals surface area contributed by atoms with Gasteiger partial charge in [-0.05, 0) is 62.4 Å². The molecule has 0 fully saturated rings. The van der Waals surface area contributed by atoms with Crippen molar-refractivity contribution >= 4 is 16.6 Å². The summed E-state index contributed by atoms with van der Waals surface area (Å²) in [6, 6.07) is 0. The molecule has 0 amide bonds. The minimum absolute atomic E-state index is 0.0507. The molecule has 0 aromatic rings. The third-order valence-corrected chi connectivity index (χ3v) is 14.9. The van der Waals surface area contributed by atoms with Crippen molar-refractivity contribution in [3.8, 4) is 0 Å². The molecule has 0 aliphatic carbocycles. The van der Waals surface area contributed by atoms with E-state index in [1.54, 1.807) is 6.26 Å². The van der Waals surface area contributed by atoms with Crippen molar-refractivity contribution in [3.05, 3.63) is 37.4 Å².